The van der Waals surface area contributed by atoms with Crippen LogP contribution in [0.2, 0.25) is 5.02 Å². The second-order valence-corrected chi connectivity index (χ2v) is 7.35. The van der Waals surface area contributed by atoms with E-state index < -0.39 is 0 Å². The number of halogens is 1. The van der Waals surface area contributed by atoms with E-state index in [9.17, 15) is 0 Å². The van der Waals surface area contributed by atoms with Crippen molar-refractivity contribution in [1.82, 2.24) is 4.98 Å². The lowest BCUT2D eigenvalue weighted by Gasteiger charge is -2.09. The third kappa shape index (κ3) is 4.93. The Balaban J connectivity index is 2.11. The van der Waals surface area contributed by atoms with Gasteiger partial charge in [0, 0.05) is 21.0 Å². The number of aliphatic imine (C=N–C) groups is 1. The monoisotopic (exact) mass is 398 g/mol. The summed E-state index contributed by atoms with van der Waals surface area (Å²) in [5.74, 6) is 1.56. The summed E-state index contributed by atoms with van der Waals surface area (Å²) in [4.78, 5) is 10.1. The number of nitrogens with two attached hydrogens (primary N) is 2. The zero-order valence-electron chi connectivity index (χ0n) is 14.9. The topological polar surface area (TPSA) is 86.5 Å². The molecule has 27 heavy (non-hydrogen) atoms. The summed E-state index contributed by atoms with van der Waals surface area (Å²) in [6.45, 7) is 1.75. The van der Waals surface area contributed by atoms with Crippen molar-refractivity contribution < 1.29 is 4.74 Å². The highest BCUT2D eigenvalue weighted by molar-refractivity contribution is 7.99. The first-order valence-corrected chi connectivity index (χ1v) is 9.34. The van der Waals surface area contributed by atoms with Gasteiger partial charge >= 0.3 is 0 Å². The fraction of sp³-hybridized carbons (Fsp3) is 0.100. The largest absolute Gasteiger partial charge is 0.497 e. The molecule has 0 fully saturated rings. The molecular formula is C20H19ClN4OS. The molecule has 1 aromatic heterocycles. The van der Waals surface area contributed by atoms with Gasteiger partial charge in [0.05, 0.1) is 7.11 Å². The highest BCUT2D eigenvalue weighted by Gasteiger charge is 2.09. The second kappa shape index (κ2) is 8.33. The number of rotatable bonds is 5. The van der Waals surface area contributed by atoms with Crippen molar-refractivity contribution in [3.63, 3.8) is 0 Å². The lowest BCUT2D eigenvalue weighted by Crippen LogP contribution is -2.10. The van der Waals surface area contributed by atoms with E-state index in [0.29, 0.717) is 22.4 Å². The van der Waals surface area contributed by atoms with Gasteiger partial charge in [0.15, 0.2) is 5.82 Å². The molecule has 1 heterocycles. The van der Waals surface area contributed by atoms with Crippen molar-refractivity contribution in [3.05, 3.63) is 65.3 Å². The van der Waals surface area contributed by atoms with Gasteiger partial charge in [-0.1, -0.05) is 23.4 Å². The van der Waals surface area contributed by atoms with Gasteiger partial charge < -0.3 is 16.2 Å². The van der Waals surface area contributed by atoms with Crippen molar-refractivity contribution in [1.29, 1.82) is 0 Å². The van der Waals surface area contributed by atoms with Crippen molar-refractivity contribution >= 4 is 45.8 Å². The van der Waals surface area contributed by atoms with Crippen LogP contribution in [0.4, 0.5) is 5.82 Å². The molecule has 138 valence electrons. The SMILES string of the molecule is COc1ccc2c(Sc3ccc(Cl)cc3)nc(N=C(N)/C=C(/C)N)cc2c1. The number of allylic oxidation sites excluding steroid dienone is 1. The third-order valence-corrected chi connectivity index (χ3v) is 4.90. The van der Waals surface area contributed by atoms with Crippen LogP contribution >= 0.6 is 23.4 Å². The summed E-state index contributed by atoms with van der Waals surface area (Å²) >= 11 is 7.51. The Morgan fingerprint density at radius 3 is 2.56 bits per heavy atom. The predicted molar refractivity (Wildman–Crippen MR) is 113 cm³/mol. The Morgan fingerprint density at radius 2 is 1.89 bits per heavy atom. The standard InChI is InChI=1S/C20H19ClN4OS/c1-12(22)9-18(23)24-19-11-13-10-15(26-2)5-8-17(13)20(25-19)27-16-6-3-14(21)4-7-16/h3-11H,22H2,1-2H3,(H2,23,24,25)/b12-9-. The Hall–Kier alpha value is -2.70. The highest BCUT2D eigenvalue weighted by Crippen LogP contribution is 2.36. The molecule has 3 aromatic rings. The van der Waals surface area contributed by atoms with Crippen LogP contribution in [0.25, 0.3) is 10.8 Å². The van der Waals surface area contributed by atoms with E-state index in [4.69, 9.17) is 27.8 Å². The molecule has 0 unspecified atom stereocenters. The Morgan fingerprint density at radius 1 is 1.15 bits per heavy atom. The number of aromatic nitrogens is 1. The summed E-state index contributed by atoms with van der Waals surface area (Å²) in [5.41, 5.74) is 12.2. The normalized spacial score (nSPS) is 12.4. The average molecular weight is 399 g/mol. The number of hydrogen-bond donors (Lipinski definition) is 2. The first kappa shape index (κ1) is 19.1. The van der Waals surface area contributed by atoms with E-state index in [-0.39, 0.29) is 0 Å². The minimum atomic E-state index is 0.298. The summed E-state index contributed by atoms with van der Waals surface area (Å²) in [7, 11) is 1.64. The number of benzene rings is 2. The lowest BCUT2D eigenvalue weighted by molar-refractivity contribution is 0.415. The molecule has 0 amide bonds. The molecule has 0 aliphatic heterocycles. The van der Waals surface area contributed by atoms with Crippen LogP contribution in [0.5, 0.6) is 5.75 Å². The predicted octanol–water partition coefficient (Wildman–Crippen LogP) is 4.90. The number of nitrogens with zero attached hydrogens (tertiary/aromatic N) is 2. The molecule has 0 radical (unpaired) electrons. The van der Waals surface area contributed by atoms with Gasteiger partial charge in [0.1, 0.15) is 16.6 Å². The van der Waals surface area contributed by atoms with Gasteiger partial charge in [0.2, 0.25) is 0 Å². The van der Waals surface area contributed by atoms with Gasteiger partial charge in [-0.25, -0.2) is 9.98 Å². The first-order valence-electron chi connectivity index (χ1n) is 8.15. The molecule has 0 atom stereocenters. The van der Waals surface area contributed by atoms with Gasteiger partial charge in [-0.15, -0.1) is 0 Å². The minimum absolute atomic E-state index is 0.298. The molecule has 0 aliphatic rings. The van der Waals surface area contributed by atoms with Crippen molar-refractivity contribution in [2.75, 3.05) is 7.11 Å². The maximum absolute atomic E-state index is 5.98. The summed E-state index contributed by atoms with van der Waals surface area (Å²) in [5, 5.41) is 3.47. The fourth-order valence-corrected chi connectivity index (χ4v) is 3.52. The molecule has 0 spiro atoms. The van der Waals surface area contributed by atoms with Crippen molar-refractivity contribution in [3.8, 4) is 5.75 Å². The summed E-state index contributed by atoms with van der Waals surface area (Å²) in [6, 6.07) is 15.3. The maximum atomic E-state index is 5.98. The maximum Gasteiger partial charge on any atom is 0.156 e. The molecule has 3 rings (SSSR count). The highest BCUT2D eigenvalue weighted by atomic mass is 35.5. The number of fused-ring (bicyclic) bond motifs is 1. The van der Waals surface area contributed by atoms with E-state index >= 15 is 0 Å². The Bertz CT molecular complexity index is 1030. The van der Waals surface area contributed by atoms with Crippen molar-refractivity contribution in [2.24, 2.45) is 16.5 Å². The lowest BCUT2D eigenvalue weighted by atomic mass is 10.1. The third-order valence-electron chi connectivity index (χ3n) is 3.64. The zero-order chi connectivity index (χ0) is 19.4. The van der Waals surface area contributed by atoms with Crippen LogP contribution in [0.15, 0.2) is 75.2 Å². The molecule has 0 bridgehead atoms. The summed E-state index contributed by atoms with van der Waals surface area (Å²) < 4.78 is 5.34. The Labute approximate surface area is 167 Å². The van der Waals surface area contributed by atoms with Gasteiger partial charge in [-0.3, -0.25) is 0 Å². The van der Waals surface area contributed by atoms with E-state index in [2.05, 4.69) is 9.98 Å². The smallest absolute Gasteiger partial charge is 0.156 e. The number of amidine groups is 1. The number of pyridine rings is 1. The first-order chi connectivity index (χ1) is 12.9. The minimum Gasteiger partial charge on any atom is -0.497 e. The van der Waals surface area contributed by atoms with E-state index in [1.807, 2.05) is 48.5 Å². The molecule has 0 saturated carbocycles. The number of hydrogen-bond acceptors (Lipinski definition) is 5. The van der Waals surface area contributed by atoms with Crippen LogP contribution < -0.4 is 16.2 Å². The fourth-order valence-electron chi connectivity index (χ4n) is 2.46. The van der Waals surface area contributed by atoms with Crippen LogP contribution in [0, 0.1) is 0 Å². The van der Waals surface area contributed by atoms with Gasteiger partial charge in [0.25, 0.3) is 0 Å². The van der Waals surface area contributed by atoms with E-state index in [1.165, 1.54) is 11.8 Å². The molecule has 0 saturated heterocycles. The summed E-state index contributed by atoms with van der Waals surface area (Å²) in [6.07, 6.45) is 1.60. The van der Waals surface area contributed by atoms with Crippen molar-refractivity contribution in [2.45, 2.75) is 16.8 Å². The molecule has 4 N–H and O–H groups in total. The molecule has 5 nitrogen and oxygen atoms in total. The second-order valence-electron chi connectivity index (χ2n) is 5.85. The molecule has 2 aromatic carbocycles. The number of ether oxygens (including phenoxy) is 1. The quantitative estimate of drug-likeness (QED) is 0.471. The van der Waals surface area contributed by atoms with E-state index in [1.54, 1.807) is 20.1 Å². The molecule has 0 aliphatic carbocycles. The van der Waals surface area contributed by atoms with Crippen LogP contribution in [-0.4, -0.2) is 17.9 Å². The molecule has 7 heteroatoms. The molecular weight excluding hydrogens is 380 g/mol. The average Bonchev–Trinajstić information content (AvgIpc) is 2.62. The van der Waals surface area contributed by atoms with E-state index in [0.717, 1.165) is 26.4 Å². The van der Waals surface area contributed by atoms with Gasteiger partial charge in [-0.05, 0) is 66.9 Å². The van der Waals surface area contributed by atoms with Crippen LogP contribution in [0.1, 0.15) is 6.92 Å². The number of methoxy groups -OCH3 is 1. The van der Waals surface area contributed by atoms with Crippen LogP contribution in [0.3, 0.4) is 0 Å². The van der Waals surface area contributed by atoms with Gasteiger partial charge in [-0.2, -0.15) is 0 Å². The Kier molecular flexibility index (Phi) is 5.88. The zero-order valence-corrected chi connectivity index (χ0v) is 16.5. The van der Waals surface area contributed by atoms with Crippen LogP contribution in [-0.2, 0) is 0 Å².